The van der Waals surface area contributed by atoms with Gasteiger partial charge in [0.2, 0.25) is 5.91 Å². The van der Waals surface area contributed by atoms with Crippen molar-refractivity contribution in [2.75, 3.05) is 5.32 Å². The van der Waals surface area contributed by atoms with E-state index in [1.54, 1.807) is 6.07 Å². The van der Waals surface area contributed by atoms with E-state index in [1.807, 2.05) is 49.4 Å². The molecule has 6 rings (SSSR count). The van der Waals surface area contributed by atoms with Gasteiger partial charge in [-0.25, -0.2) is 0 Å². The lowest BCUT2D eigenvalue weighted by Gasteiger charge is -2.38. The number of hydrogen-bond donors (Lipinski definition) is 3. The number of rotatable bonds is 5. The summed E-state index contributed by atoms with van der Waals surface area (Å²) < 4.78 is 14.1. The highest BCUT2D eigenvalue weighted by Gasteiger charge is 2.41. The Morgan fingerprint density at radius 1 is 1.20 bits per heavy atom. The van der Waals surface area contributed by atoms with E-state index in [4.69, 9.17) is 10.2 Å². The number of carbonyl (C=O) groups excluding carboxylic acids is 2. The molecule has 0 bridgehead atoms. The third-order valence-electron chi connectivity index (χ3n) is 6.66. The predicted molar refractivity (Wildman–Crippen MR) is 133 cm³/mol. The lowest BCUT2D eigenvalue weighted by Crippen LogP contribution is -2.52. The minimum Gasteiger partial charge on any atom is -0.459 e. The SMILES string of the molecule is C[C@@H]1c2[nH]c3ccccc3c2CC(C(N)=O)N1C(=O)c1occc1CNc1ccc2nsnc2c1. The minimum atomic E-state index is -0.783. The minimum absolute atomic E-state index is 0.187. The second kappa shape index (κ2) is 8.24. The topological polar surface area (TPSA) is 130 Å². The number of primary amides is 1. The molecule has 5 aromatic rings. The predicted octanol–water partition coefficient (Wildman–Crippen LogP) is 3.99. The number of H-pyrrole nitrogens is 1. The van der Waals surface area contributed by atoms with Crippen LogP contribution < -0.4 is 11.1 Å². The van der Waals surface area contributed by atoms with Gasteiger partial charge >= 0.3 is 0 Å². The van der Waals surface area contributed by atoms with Gasteiger partial charge in [-0.2, -0.15) is 8.75 Å². The Bertz CT molecular complexity index is 1580. The molecule has 4 heterocycles. The van der Waals surface area contributed by atoms with Crippen LogP contribution in [0.2, 0.25) is 0 Å². The molecule has 10 heteroatoms. The molecule has 9 nitrogen and oxygen atoms in total. The van der Waals surface area contributed by atoms with Crippen LogP contribution in [0.15, 0.2) is 59.2 Å². The number of aromatic nitrogens is 3. The molecule has 0 fully saturated rings. The number of nitrogens with two attached hydrogens (primary N) is 1. The summed E-state index contributed by atoms with van der Waals surface area (Å²) in [6, 6.07) is 14.2. The van der Waals surface area contributed by atoms with Gasteiger partial charge in [-0.15, -0.1) is 0 Å². The Morgan fingerprint density at radius 2 is 2.03 bits per heavy atom. The Balaban J connectivity index is 1.30. The van der Waals surface area contributed by atoms with Gasteiger partial charge in [0.25, 0.3) is 5.91 Å². The summed E-state index contributed by atoms with van der Waals surface area (Å²) in [5.41, 5.74) is 11.9. The third-order valence-corrected chi connectivity index (χ3v) is 7.21. The number of amides is 2. The third kappa shape index (κ3) is 3.53. The molecule has 1 unspecified atom stereocenters. The van der Waals surface area contributed by atoms with Crippen molar-refractivity contribution in [1.82, 2.24) is 18.6 Å². The fraction of sp³-hybridized carbons (Fsp3) is 0.200. The van der Waals surface area contributed by atoms with E-state index in [0.29, 0.717) is 18.5 Å². The lowest BCUT2D eigenvalue weighted by atomic mass is 9.91. The summed E-state index contributed by atoms with van der Waals surface area (Å²) in [7, 11) is 0. The van der Waals surface area contributed by atoms with Crippen LogP contribution in [0.25, 0.3) is 21.9 Å². The van der Waals surface area contributed by atoms with Crippen LogP contribution in [0.4, 0.5) is 5.69 Å². The van der Waals surface area contributed by atoms with Crippen LogP contribution in [0, 0.1) is 0 Å². The van der Waals surface area contributed by atoms with Crippen molar-refractivity contribution in [3.8, 4) is 0 Å². The molecule has 2 aromatic carbocycles. The van der Waals surface area contributed by atoms with Gasteiger partial charge in [0.15, 0.2) is 5.76 Å². The van der Waals surface area contributed by atoms with Crippen molar-refractivity contribution in [3.05, 3.63) is 77.4 Å². The van der Waals surface area contributed by atoms with Crippen LogP contribution >= 0.6 is 11.7 Å². The summed E-state index contributed by atoms with van der Waals surface area (Å²) in [6.07, 6.45) is 1.83. The van der Waals surface area contributed by atoms with Crippen LogP contribution in [0.5, 0.6) is 0 Å². The molecule has 176 valence electrons. The fourth-order valence-corrected chi connectivity index (χ4v) is 5.44. The zero-order valence-corrected chi connectivity index (χ0v) is 19.6. The summed E-state index contributed by atoms with van der Waals surface area (Å²) >= 11 is 1.17. The van der Waals surface area contributed by atoms with E-state index < -0.39 is 11.9 Å². The smallest absolute Gasteiger partial charge is 0.291 e. The second-order valence-electron chi connectivity index (χ2n) is 8.67. The van der Waals surface area contributed by atoms with Crippen LogP contribution in [0.3, 0.4) is 0 Å². The molecule has 1 aliphatic heterocycles. The maximum Gasteiger partial charge on any atom is 0.291 e. The molecule has 4 N–H and O–H groups in total. The molecule has 0 radical (unpaired) electrons. The summed E-state index contributed by atoms with van der Waals surface area (Å²) in [4.78, 5) is 31.2. The summed E-state index contributed by atoms with van der Waals surface area (Å²) in [5.74, 6) is -0.726. The zero-order valence-electron chi connectivity index (χ0n) is 18.8. The van der Waals surface area contributed by atoms with Crippen molar-refractivity contribution < 1.29 is 14.0 Å². The van der Waals surface area contributed by atoms with Gasteiger partial charge in [-0.05, 0) is 42.8 Å². The van der Waals surface area contributed by atoms with Crippen LogP contribution in [0.1, 0.15) is 40.3 Å². The quantitative estimate of drug-likeness (QED) is 0.344. The Morgan fingerprint density at radius 3 is 2.89 bits per heavy atom. The first kappa shape index (κ1) is 21.4. The average molecular weight is 487 g/mol. The van der Waals surface area contributed by atoms with Gasteiger partial charge in [0.05, 0.1) is 24.0 Å². The van der Waals surface area contributed by atoms with Crippen molar-refractivity contribution in [2.45, 2.75) is 32.0 Å². The molecule has 2 amide bonds. The lowest BCUT2D eigenvalue weighted by molar-refractivity contribution is -0.123. The monoisotopic (exact) mass is 486 g/mol. The zero-order chi connectivity index (χ0) is 24.1. The van der Waals surface area contributed by atoms with Crippen molar-refractivity contribution in [3.63, 3.8) is 0 Å². The van der Waals surface area contributed by atoms with E-state index in [0.717, 1.165) is 38.9 Å². The normalized spacial score (nSPS) is 17.6. The average Bonchev–Trinajstić information content (AvgIpc) is 3.60. The Kier molecular flexibility index (Phi) is 5.03. The number of aromatic amines is 1. The molecule has 0 saturated heterocycles. The maximum atomic E-state index is 13.7. The standard InChI is InChI=1S/C25H22N6O3S/c1-13-22-17(16-4-2-3-5-18(16)28-22)11-21(24(26)32)31(13)25(33)23-14(8-9-34-23)12-27-15-6-7-19-20(10-15)30-35-29-19/h2-10,13,21,27-28H,11-12H2,1H3,(H2,26,32)/t13-,21?/m1/s1. The molecule has 1 aliphatic rings. The molecular weight excluding hydrogens is 464 g/mol. The molecular formula is C25H22N6O3S. The van der Waals surface area contributed by atoms with Crippen LogP contribution in [-0.4, -0.2) is 36.5 Å². The molecule has 0 spiro atoms. The number of benzene rings is 2. The Hall–Kier alpha value is -4.18. The molecule has 0 aliphatic carbocycles. The van der Waals surface area contributed by atoms with Gasteiger partial charge in [0, 0.05) is 40.8 Å². The van der Waals surface area contributed by atoms with E-state index in [2.05, 4.69) is 19.0 Å². The second-order valence-corrected chi connectivity index (χ2v) is 9.20. The number of fused-ring (bicyclic) bond motifs is 4. The molecule has 35 heavy (non-hydrogen) atoms. The highest BCUT2D eigenvalue weighted by Crippen LogP contribution is 2.38. The first-order valence-electron chi connectivity index (χ1n) is 11.3. The molecule has 3 aromatic heterocycles. The first-order chi connectivity index (χ1) is 17.0. The fourth-order valence-electron chi connectivity index (χ4n) is 4.92. The molecule has 0 saturated carbocycles. The van der Waals surface area contributed by atoms with Gasteiger partial charge in [0.1, 0.15) is 17.1 Å². The van der Waals surface area contributed by atoms with E-state index >= 15 is 0 Å². The summed E-state index contributed by atoms with van der Waals surface area (Å²) in [5, 5.41) is 4.36. The van der Waals surface area contributed by atoms with E-state index in [-0.39, 0.29) is 17.7 Å². The number of nitrogens with one attached hydrogen (secondary N) is 2. The number of anilines is 1. The van der Waals surface area contributed by atoms with E-state index in [1.165, 1.54) is 22.9 Å². The molecule has 2 atom stereocenters. The Labute approximate surface area is 204 Å². The van der Waals surface area contributed by atoms with Crippen LogP contribution in [-0.2, 0) is 17.8 Å². The summed E-state index contributed by atoms with van der Waals surface area (Å²) in [6.45, 7) is 2.26. The van der Waals surface area contributed by atoms with Gasteiger partial charge < -0.3 is 25.4 Å². The number of carbonyl (C=O) groups is 2. The van der Waals surface area contributed by atoms with Gasteiger partial charge in [-0.1, -0.05) is 18.2 Å². The van der Waals surface area contributed by atoms with Crippen molar-refractivity contribution in [2.24, 2.45) is 5.73 Å². The largest absolute Gasteiger partial charge is 0.459 e. The number of hydrogen-bond acceptors (Lipinski definition) is 7. The highest BCUT2D eigenvalue weighted by atomic mass is 32.1. The van der Waals surface area contributed by atoms with Crippen molar-refractivity contribution in [1.29, 1.82) is 0 Å². The maximum absolute atomic E-state index is 13.7. The first-order valence-corrected chi connectivity index (χ1v) is 12.0. The van der Waals surface area contributed by atoms with Crippen molar-refractivity contribution >= 4 is 51.2 Å². The number of furan rings is 1. The van der Waals surface area contributed by atoms with E-state index in [9.17, 15) is 9.59 Å². The highest BCUT2D eigenvalue weighted by molar-refractivity contribution is 7.00. The number of para-hydroxylation sites is 1. The number of nitrogens with zero attached hydrogens (tertiary/aromatic N) is 3. The van der Waals surface area contributed by atoms with Gasteiger partial charge in [-0.3, -0.25) is 9.59 Å².